The fourth-order valence-electron chi connectivity index (χ4n) is 3.91. The molecule has 176 valence electrons. The maximum absolute atomic E-state index is 12.8. The van der Waals surface area contributed by atoms with Gasteiger partial charge >= 0.3 is 0 Å². The summed E-state index contributed by atoms with van der Waals surface area (Å²) in [5, 5.41) is 4.59. The van der Waals surface area contributed by atoms with Crippen molar-refractivity contribution < 1.29 is 19.1 Å². The number of amides is 3. The van der Waals surface area contributed by atoms with Crippen molar-refractivity contribution in [3.8, 4) is 5.75 Å². The van der Waals surface area contributed by atoms with Crippen LogP contribution in [0.1, 0.15) is 37.7 Å². The van der Waals surface area contributed by atoms with Gasteiger partial charge in [0.2, 0.25) is 5.91 Å². The first-order chi connectivity index (χ1) is 16.8. The number of aromatic nitrogens is 2. The predicted octanol–water partition coefficient (Wildman–Crippen LogP) is 3.19. The molecule has 5 rings (SSSR count). The van der Waals surface area contributed by atoms with Gasteiger partial charge in [0.25, 0.3) is 17.4 Å². The fraction of sp³-hybridized carbons (Fsp3) is 0.160. The van der Waals surface area contributed by atoms with E-state index < -0.39 is 24.3 Å². The number of ether oxygens (including phenoxy) is 1. The zero-order valence-electron chi connectivity index (χ0n) is 18.9. The molecule has 0 saturated carbocycles. The molecule has 1 aliphatic heterocycles. The van der Waals surface area contributed by atoms with Crippen LogP contribution in [0.15, 0.2) is 58.7 Å². The van der Waals surface area contributed by atoms with E-state index in [1.165, 1.54) is 21.8 Å². The van der Waals surface area contributed by atoms with Crippen molar-refractivity contribution in [1.29, 1.82) is 0 Å². The van der Waals surface area contributed by atoms with E-state index in [9.17, 15) is 19.2 Å². The van der Waals surface area contributed by atoms with Crippen molar-refractivity contribution in [2.45, 2.75) is 20.5 Å². The highest BCUT2D eigenvalue weighted by Crippen LogP contribution is 2.27. The van der Waals surface area contributed by atoms with Crippen LogP contribution in [-0.4, -0.2) is 38.6 Å². The molecular weight excluding hydrogens is 468 g/mol. The third-order valence-corrected chi connectivity index (χ3v) is 6.54. The summed E-state index contributed by atoms with van der Waals surface area (Å²) >= 11 is 1.37. The molecule has 35 heavy (non-hydrogen) atoms. The Morgan fingerprint density at radius 2 is 1.74 bits per heavy atom. The van der Waals surface area contributed by atoms with Crippen molar-refractivity contribution in [3.63, 3.8) is 0 Å². The first kappa shape index (κ1) is 22.5. The van der Waals surface area contributed by atoms with Crippen LogP contribution in [0.2, 0.25) is 0 Å². The number of thiazole rings is 1. The van der Waals surface area contributed by atoms with E-state index in [1.807, 2.05) is 25.3 Å². The van der Waals surface area contributed by atoms with Crippen molar-refractivity contribution in [2.75, 3.05) is 11.9 Å². The lowest BCUT2D eigenvalue weighted by Crippen LogP contribution is -2.37. The summed E-state index contributed by atoms with van der Waals surface area (Å²) in [5.74, 6) is -1.17. The van der Waals surface area contributed by atoms with Gasteiger partial charge in [0.05, 0.1) is 22.5 Å². The first-order valence-electron chi connectivity index (χ1n) is 10.8. The molecule has 0 spiro atoms. The highest BCUT2D eigenvalue weighted by molar-refractivity contribution is 7.15. The Balaban J connectivity index is 1.31. The van der Waals surface area contributed by atoms with Crippen LogP contribution in [0.25, 0.3) is 4.96 Å². The highest BCUT2D eigenvalue weighted by atomic mass is 32.1. The second-order valence-corrected chi connectivity index (χ2v) is 9.00. The van der Waals surface area contributed by atoms with Crippen molar-refractivity contribution in [2.24, 2.45) is 0 Å². The number of nitrogens with zero attached hydrogens (tertiary/aromatic N) is 3. The van der Waals surface area contributed by atoms with E-state index in [0.29, 0.717) is 22.1 Å². The van der Waals surface area contributed by atoms with Gasteiger partial charge < -0.3 is 10.1 Å². The van der Waals surface area contributed by atoms with Crippen molar-refractivity contribution >= 4 is 39.7 Å². The van der Waals surface area contributed by atoms with Gasteiger partial charge in [-0.1, -0.05) is 18.2 Å². The Morgan fingerprint density at radius 1 is 1.03 bits per heavy atom. The van der Waals surface area contributed by atoms with E-state index in [0.717, 1.165) is 16.2 Å². The lowest BCUT2D eigenvalue weighted by molar-refractivity contribution is -0.116. The number of hydrogen-bond acceptors (Lipinski definition) is 7. The van der Waals surface area contributed by atoms with E-state index in [1.54, 1.807) is 36.4 Å². The summed E-state index contributed by atoms with van der Waals surface area (Å²) in [6.45, 7) is 3.30. The minimum atomic E-state index is -0.540. The molecule has 0 unspecified atom stereocenters. The van der Waals surface area contributed by atoms with E-state index in [4.69, 9.17) is 4.74 Å². The Hall–Kier alpha value is -4.31. The maximum Gasteiger partial charge on any atom is 0.262 e. The monoisotopic (exact) mass is 488 g/mol. The summed E-state index contributed by atoms with van der Waals surface area (Å²) in [7, 11) is 0. The molecule has 0 aliphatic carbocycles. The van der Waals surface area contributed by atoms with Gasteiger partial charge in [0.15, 0.2) is 4.96 Å². The number of rotatable bonds is 6. The van der Waals surface area contributed by atoms with Crippen LogP contribution in [0.4, 0.5) is 5.69 Å². The molecule has 10 heteroatoms. The van der Waals surface area contributed by atoms with Crippen LogP contribution in [-0.2, 0) is 11.4 Å². The SMILES string of the molecule is Cc1ccc(OCc2cc(=O)n3c(C)csc3n2)c(NC(=O)CN2C(=O)c3ccccc3C2=O)c1. The van der Waals surface area contributed by atoms with Gasteiger partial charge in [-0.25, -0.2) is 4.98 Å². The number of fused-ring (bicyclic) bond motifs is 2. The summed E-state index contributed by atoms with van der Waals surface area (Å²) in [4.78, 5) is 56.3. The minimum absolute atomic E-state index is 0.0209. The summed E-state index contributed by atoms with van der Waals surface area (Å²) in [5.41, 5.74) is 2.91. The van der Waals surface area contributed by atoms with Crippen LogP contribution in [0.5, 0.6) is 5.75 Å². The van der Waals surface area contributed by atoms with Crippen molar-refractivity contribution in [3.05, 3.63) is 92.3 Å². The molecule has 2 aromatic carbocycles. The van der Waals surface area contributed by atoms with Crippen LogP contribution in [0, 0.1) is 13.8 Å². The Kier molecular flexibility index (Phi) is 5.65. The summed E-state index contributed by atoms with van der Waals surface area (Å²) in [6, 6.07) is 13.1. The molecule has 4 aromatic rings. The van der Waals surface area contributed by atoms with Gasteiger partial charge in [0.1, 0.15) is 18.9 Å². The number of carbonyl (C=O) groups is 3. The number of nitrogens with one attached hydrogen (secondary N) is 1. The third-order valence-electron chi connectivity index (χ3n) is 5.59. The molecule has 0 atom stereocenters. The highest BCUT2D eigenvalue weighted by Gasteiger charge is 2.36. The molecule has 9 nitrogen and oxygen atoms in total. The van der Waals surface area contributed by atoms with Gasteiger partial charge in [-0.2, -0.15) is 0 Å². The van der Waals surface area contributed by atoms with Crippen LogP contribution < -0.4 is 15.6 Å². The van der Waals surface area contributed by atoms with Crippen LogP contribution in [0.3, 0.4) is 0 Å². The predicted molar refractivity (Wildman–Crippen MR) is 130 cm³/mol. The van der Waals surface area contributed by atoms with Crippen LogP contribution >= 0.6 is 11.3 Å². The van der Waals surface area contributed by atoms with Gasteiger partial charge in [0, 0.05) is 17.1 Å². The molecule has 1 aliphatic rings. The number of anilines is 1. The Morgan fingerprint density at radius 3 is 2.46 bits per heavy atom. The number of benzene rings is 2. The normalized spacial score (nSPS) is 12.8. The average molecular weight is 489 g/mol. The minimum Gasteiger partial charge on any atom is -0.485 e. The first-order valence-corrected chi connectivity index (χ1v) is 11.6. The van der Waals surface area contributed by atoms with Gasteiger partial charge in [-0.3, -0.25) is 28.5 Å². The molecule has 3 heterocycles. The molecule has 0 bridgehead atoms. The number of hydrogen-bond donors (Lipinski definition) is 1. The maximum atomic E-state index is 12.8. The average Bonchev–Trinajstić information content (AvgIpc) is 3.32. The standard InChI is InChI=1S/C25H20N4O5S/c1-14-7-8-20(34-12-16-10-22(31)29-15(2)13-35-25(29)26-16)19(9-14)27-21(30)11-28-23(32)17-5-3-4-6-18(17)24(28)33/h3-10,13H,11-12H2,1-2H3,(H,27,30). The fourth-order valence-corrected chi connectivity index (χ4v) is 4.80. The molecule has 0 saturated heterocycles. The lowest BCUT2D eigenvalue weighted by atomic mass is 10.1. The largest absolute Gasteiger partial charge is 0.485 e. The topological polar surface area (TPSA) is 110 Å². The summed E-state index contributed by atoms with van der Waals surface area (Å²) < 4.78 is 7.42. The van der Waals surface area contributed by atoms with Gasteiger partial charge in [-0.05, 0) is 43.7 Å². The Bertz CT molecular complexity index is 1540. The zero-order chi connectivity index (χ0) is 24.7. The quantitative estimate of drug-likeness (QED) is 0.418. The Labute approximate surface area is 203 Å². The smallest absolute Gasteiger partial charge is 0.262 e. The molecule has 2 aromatic heterocycles. The molecular formula is C25H20N4O5S. The van der Waals surface area contributed by atoms with Gasteiger partial charge in [-0.15, -0.1) is 11.3 Å². The lowest BCUT2D eigenvalue weighted by Gasteiger charge is -2.16. The third kappa shape index (κ3) is 4.19. The summed E-state index contributed by atoms with van der Waals surface area (Å²) in [6.07, 6.45) is 0. The van der Waals surface area contributed by atoms with Crippen molar-refractivity contribution in [1.82, 2.24) is 14.3 Å². The number of imide groups is 1. The molecule has 3 amide bonds. The number of carbonyl (C=O) groups excluding carboxylic acids is 3. The van der Waals surface area contributed by atoms with E-state index in [2.05, 4.69) is 10.3 Å². The second-order valence-electron chi connectivity index (χ2n) is 8.16. The van der Waals surface area contributed by atoms with E-state index in [-0.39, 0.29) is 23.3 Å². The zero-order valence-corrected chi connectivity index (χ0v) is 19.7. The number of aryl methyl sites for hydroxylation is 2. The van der Waals surface area contributed by atoms with E-state index >= 15 is 0 Å². The molecule has 0 radical (unpaired) electrons. The molecule has 1 N–H and O–H groups in total. The molecule has 0 fully saturated rings. The second kappa shape index (κ2) is 8.80.